The number of carbonyl (C=O) groups excluding carboxylic acids is 1. The van der Waals surface area contributed by atoms with Crippen molar-refractivity contribution in [2.75, 3.05) is 20.8 Å². The Labute approximate surface area is 257 Å². The van der Waals surface area contributed by atoms with Gasteiger partial charge in [0.05, 0.1) is 44.2 Å². The summed E-state index contributed by atoms with van der Waals surface area (Å²) >= 11 is 0. The van der Waals surface area contributed by atoms with Crippen LogP contribution in [-0.2, 0) is 24.3 Å². The molecule has 0 bridgehead atoms. The van der Waals surface area contributed by atoms with E-state index in [1.54, 1.807) is 31.2 Å². The highest BCUT2D eigenvalue weighted by molar-refractivity contribution is 5.99. The van der Waals surface area contributed by atoms with Crippen LogP contribution in [0.25, 0.3) is 22.2 Å². The van der Waals surface area contributed by atoms with Crippen molar-refractivity contribution in [3.8, 4) is 34.3 Å². The van der Waals surface area contributed by atoms with E-state index in [0.29, 0.717) is 63.6 Å². The van der Waals surface area contributed by atoms with E-state index in [0.717, 1.165) is 0 Å². The number of fused-ring (bicyclic) bond motifs is 2. The minimum Gasteiger partial charge on any atom is -0.491 e. The van der Waals surface area contributed by atoms with E-state index < -0.39 is 22.8 Å². The smallest absolute Gasteiger partial charge is 0.257 e. The monoisotopic (exact) mass is 613 g/mol. The van der Waals surface area contributed by atoms with Crippen molar-refractivity contribution in [2.24, 2.45) is 0 Å². The molecular formula is C34H29F2N3O6. The van der Waals surface area contributed by atoms with Crippen molar-refractivity contribution in [3.63, 3.8) is 0 Å². The molecule has 230 valence electrons. The average Bonchev–Trinajstić information content (AvgIpc) is 3.02. The lowest BCUT2D eigenvalue weighted by Gasteiger charge is -2.26. The van der Waals surface area contributed by atoms with E-state index in [2.05, 4.69) is 9.97 Å². The molecular weight excluding hydrogens is 584 g/mol. The molecule has 0 saturated heterocycles. The summed E-state index contributed by atoms with van der Waals surface area (Å²) in [4.78, 5) is 36.4. The van der Waals surface area contributed by atoms with Crippen molar-refractivity contribution < 1.29 is 32.5 Å². The molecule has 0 radical (unpaired) electrons. The molecule has 0 saturated carbocycles. The summed E-state index contributed by atoms with van der Waals surface area (Å²) in [6.07, 6.45) is 1.27. The number of methoxy groups -OCH3 is 2. The van der Waals surface area contributed by atoms with E-state index >= 15 is 4.39 Å². The van der Waals surface area contributed by atoms with Gasteiger partial charge in [0.2, 0.25) is 5.43 Å². The second-order valence-electron chi connectivity index (χ2n) is 10.6. The predicted octanol–water partition coefficient (Wildman–Crippen LogP) is 6.12. The minimum absolute atomic E-state index is 0.0153. The Morgan fingerprint density at radius 3 is 2.56 bits per heavy atom. The zero-order chi connectivity index (χ0) is 31.8. The summed E-state index contributed by atoms with van der Waals surface area (Å²) in [7, 11) is 2.93. The number of benzene rings is 2. The van der Waals surface area contributed by atoms with Crippen LogP contribution in [0.4, 0.5) is 8.78 Å². The van der Waals surface area contributed by atoms with Gasteiger partial charge in [0.15, 0.2) is 28.8 Å². The van der Waals surface area contributed by atoms with Gasteiger partial charge in [-0.1, -0.05) is 12.1 Å². The van der Waals surface area contributed by atoms with Crippen LogP contribution >= 0.6 is 0 Å². The fraction of sp³-hybridized carbons (Fsp3) is 0.235. The molecule has 45 heavy (non-hydrogen) atoms. The van der Waals surface area contributed by atoms with Gasteiger partial charge in [-0.15, -0.1) is 0 Å². The van der Waals surface area contributed by atoms with E-state index in [-0.39, 0.29) is 36.0 Å². The lowest BCUT2D eigenvalue weighted by Crippen LogP contribution is -2.32. The summed E-state index contributed by atoms with van der Waals surface area (Å²) in [5.41, 5.74) is 3.28. The second-order valence-corrected chi connectivity index (χ2v) is 10.6. The van der Waals surface area contributed by atoms with Gasteiger partial charge < -0.3 is 23.5 Å². The first-order valence-electron chi connectivity index (χ1n) is 14.2. The van der Waals surface area contributed by atoms with Gasteiger partial charge in [-0.05, 0) is 54.8 Å². The highest BCUT2D eigenvalue weighted by Gasteiger charge is 2.28. The number of Topliss-reactive ketones (excluding diaryl/α,β-unsaturated/α-hetero) is 1. The summed E-state index contributed by atoms with van der Waals surface area (Å²) < 4.78 is 53.2. The number of nitrogens with zero attached hydrogens (tertiary/aromatic N) is 3. The lowest BCUT2D eigenvalue weighted by molar-refractivity contribution is 0.0796. The van der Waals surface area contributed by atoms with Crippen LogP contribution in [0.1, 0.15) is 32.9 Å². The standard InChI is InChI=1S/C34H29F2N3O6/c1-18-13-21(35)6-7-22(18)30-19(2)39-11-12-44-17-25(39)31(33(30)41)26(40)15-20-5-8-27(23(36)14-20)45-28-9-10-37-24-16-29(42-3)34(43-4)38-32(24)28/h5-10,13-14,16H,11-12,15,17H2,1-4H3. The fourth-order valence-electron chi connectivity index (χ4n) is 5.70. The summed E-state index contributed by atoms with van der Waals surface area (Å²) in [5, 5.41) is 0. The first kappa shape index (κ1) is 29.9. The first-order valence-corrected chi connectivity index (χ1v) is 14.2. The molecule has 0 amide bonds. The molecule has 11 heteroatoms. The van der Waals surface area contributed by atoms with E-state index in [1.807, 2.05) is 11.5 Å². The van der Waals surface area contributed by atoms with Gasteiger partial charge in [-0.25, -0.2) is 13.8 Å². The van der Waals surface area contributed by atoms with Crippen molar-refractivity contribution >= 4 is 16.8 Å². The molecule has 0 unspecified atom stereocenters. The molecule has 0 N–H and O–H groups in total. The van der Waals surface area contributed by atoms with Crippen LogP contribution < -0.4 is 19.6 Å². The Kier molecular flexibility index (Phi) is 8.03. The molecule has 0 spiro atoms. The number of aromatic nitrogens is 3. The van der Waals surface area contributed by atoms with Gasteiger partial charge in [0.25, 0.3) is 5.88 Å². The molecule has 2 aromatic carbocycles. The maximum absolute atomic E-state index is 15.4. The minimum atomic E-state index is -0.709. The van der Waals surface area contributed by atoms with Crippen LogP contribution in [0.3, 0.4) is 0 Å². The number of pyridine rings is 3. The zero-order valence-electron chi connectivity index (χ0n) is 25.1. The second kappa shape index (κ2) is 12.1. The molecule has 4 heterocycles. The molecule has 3 aromatic heterocycles. The lowest BCUT2D eigenvalue weighted by atomic mass is 9.92. The summed E-state index contributed by atoms with van der Waals surface area (Å²) in [5.74, 6) is -0.852. The van der Waals surface area contributed by atoms with Crippen molar-refractivity contribution in [1.82, 2.24) is 14.5 Å². The SMILES string of the molecule is COc1cc2nccc(Oc3ccc(CC(=O)c4c5n(c(C)c(-c6ccc(F)cc6C)c4=O)CCOC5)cc3F)c2nc1OC. The third-order valence-electron chi connectivity index (χ3n) is 7.87. The Balaban J connectivity index is 1.33. The predicted molar refractivity (Wildman–Crippen MR) is 162 cm³/mol. The van der Waals surface area contributed by atoms with Gasteiger partial charge in [-0.2, -0.15) is 0 Å². The quantitative estimate of drug-likeness (QED) is 0.193. The van der Waals surface area contributed by atoms with E-state index in [4.69, 9.17) is 18.9 Å². The molecule has 6 rings (SSSR count). The van der Waals surface area contributed by atoms with Crippen molar-refractivity contribution in [2.45, 2.75) is 33.4 Å². The third kappa shape index (κ3) is 5.51. The number of hydrogen-bond donors (Lipinski definition) is 0. The maximum Gasteiger partial charge on any atom is 0.257 e. The van der Waals surface area contributed by atoms with Crippen molar-refractivity contribution in [1.29, 1.82) is 0 Å². The molecule has 0 atom stereocenters. The van der Waals surface area contributed by atoms with Crippen LogP contribution in [-0.4, -0.2) is 41.1 Å². The summed E-state index contributed by atoms with van der Waals surface area (Å²) in [6, 6.07) is 11.6. The van der Waals surface area contributed by atoms with Gasteiger partial charge in [0.1, 0.15) is 11.3 Å². The first-order chi connectivity index (χ1) is 21.7. The number of halogens is 2. The van der Waals surface area contributed by atoms with Crippen LogP contribution in [0.15, 0.2) is 59.5 Å². The maximum atomic E-state index is 15.4. The van der Waals surface area contributed by atoms with E-state index in [1.165, 1.54) is 44.7 Å². The third-order valence-corrected chi connectivity index (χ3v) is 7.87. The Morgan fingerprint density at radius 2 is 1.82 bits per heavy atom. The highest BCUT2D eigenvalue weighted by Crippen LogP contribution is 2.35. The topological polar surface area (TPSA) is 102 Å². The average molecular weight is 614 g/mol. The van der Waals surface area contributed by atoms with Gasteiger partial charge in [-0.3, -0.25) is 14.6 Å². The number of carbonyl (C=O) groups is 1. The van der Waals surface area contributed by atoms with Gasteiger partial charge in [0, 0.05) is 42.6 Å². The molecule has 1 aliphatic rings. The van der Waals surface area contributed by atoms with E-state index in [9.17, 15) is 14.0 Å². The number of hydrogen-bond acceptors (Lipinski definition) is 8. The van der Waals surface area contributed by atoms with Crippen LogP contribution in [0, 0.1) is 25.5 Å². The van der Waals surface area contributed by atoms with Crippen LogP contribution in [0.2, 0.25) is 0 Å². The molecule has 0 aliphatic carbocycles. The largest absolute Gasteiger partial charge is 0.491 e. The normalized spacial score (nSPS) is 12.6. The Hall–Kier alpha value is -5.16. The van der Waals surface area contributed by atoms with Crippen molar-refractivity contribution in [3.05, 3.63) is 105 Å². The van der Waals surface area contributed by atoms with Gasteiger partial charge >= 0.3 is 0 Å². The van der Waals surface area contributed by atoms with Crippen LogP contribution in [0.5, 0.6) is 23.1 Å². The summed E-state index contributed by atoms with van der Waals surface area (Å²) in [6.45, 7) is 4.49. The molecule has 9 nitrogen and oxygen atoms in total. The number of rotatable bonds is 8. The Bertz CT molecular complexity index is 2040. The number of aryl methyl sites for hydroxylation is 1. The number of ketones is 1. The zero-order valence-corrected chi connectivity index (χ0v) is 25.1. The number of ether oxygens (including phenoxy) is 4. The molecule has 0 fully saturated rings. The molecule has 1 aliphatic heterocycles. The highest BCUT2D eigenvalue weighted by atomic mass is 19.1. The Morgan fingerprint density at radius 1 is 1.00 bits per heavy atom. The molecule has 5 aromatic rings. The fourth-order valence-corrected chi connectivity index (χ4v) is 5.70.